The van der Waals surface area contributed by atoms with Gasteiger partial charge >= 0.3 is 17.1 Å². The zero-order valence-corrected chi connectivity index (χ0v) is 15.0. The molecule has 0 aromatic carbocycles. The standard InChI is InChI=1S/C3H10N2.4C2H4O2.Fe.H3N/c4-2-1-3-5;4*1-2(3)4;;/h1-5H2;4*1H3,(H,3,4);;1H3/q;;;;;+3;/p-3. The van der Waals surface area contributed by atoms with Crippen LogP contribution in [0.3, 0.4) is 0 Å². The molecule has 0 aliphatic heterocycles. The molecule has 0 atom stereocenters. The van der Waals surface area contributed by atoms with Crippen LogP contribution in [0, 0.1) is 0 Å². The Labute approximate surface area is 146 Å². The van der Waals surface area contributed by atoms with Gasteiger partial charge in [-0.2, -0.15) is 0 Å². The molecule has 12 heteroatoms. The van der Waals surface area contributed by atoms with Crippen LogP contribution in [0.4, 0.5) is 0 Å². The fourth-order valence-electron chi connectivity index (χ4n) is 0.118. The van der Waals surface area contributed by atoms with Crippen molar-refractivity contribution in [2.45, 2.75) is 34.1 Å². The number of carboxylic acids is 4. The first-order chi connectivity index (χ1) is 9.34. The van der Waals surface area contributed by atoms with Gasteiger partial charge in [0, 0.05) is 23.9 Å². The molecule has 0 heterocycles. The molecule has 23 heavy (non-hydrogen) atoms. The van der Waals surface area contributed by atoms with E-state index in [2.05, 4.69) is 0 Å². The Morgan fingerprint density at radius 1 is 0.652 bits per heavy atom. The summed E-state index contributed by atoms with van der Waals surface area (Å²) in [4.78, 5) is 35.6. The van der Waals surface area contributed by atoms with Crippen LogP contribution in [0.1, 0.15) is 34.1 Å². The number of carbonyl (C=O) groups excluding carboxylic acids is 4. The Hall–Kier alpha value is -1.72. The van der Waals surface area contributed by atoms with E-state index < -0.39 is 23.9 Å². The van der Waals surface area contributed by atoms with E-state index in [1.807, 2.05) is 0 Å². The van der Waals surface area contributed by atoms with Crippen molar-refractivity contribution in [2.75, 3.05) is 13.1 Å². The monoisotopic (exact) mass is 384 g/mol. The van der Waals surface area contributed by atoms with Crippen LogP contribution in [0.5, 0.6) is 0 Å². The molecule has 141 valence electrons. The SMILES string of the molecule is CC(=O)[O-].CC(=O)[O-].CC(=O)[O-].CC(=O)[O-].NCCCN.[Fe+3].[NH4+]. The van der Waals surface area contributed by atoms with Crippen molar-refractivity contribution >= 4 is 23.9 Å². The summed E-state index contributed by atoms with van der Waals surface area (Å²) in [7, 11) is 0. The Balaban J connectivity index is -0.0000000273. The van der Waals surface area contributed by atoms with Gasteiger partial charge in [-0.1, -0.05) is 0 Å². The van der Waals surface area contributed by atoms with E-state index in [4.69, 9.17) is 51.1 Å². The summed E-state index contributed by atoms with van der Waals surface area (Å²) in [6, 6.07) is 0. The molecule has 0 fully saturated rings. The average molecular weight is 384 g/mol. The summed E-state index contributed by atoms with van der Waals surface area (Å²) in [5.41, 5.74) is 10.1. The summed E-state index contributed by atoms with van der Waals surface area (Å²) in [5.74, 6) is -4.33. The molecular weight excluding hydrogens is 358 g/mol. The van der Waals surface area contributed by atoms with Crippen LogP contribution in [-0.4, -0.2) is 37.0 Å². The van der Waals surface area contributed by atoms with Gasteiger partial charge in [0.25, 0.3) is 0 Å². The molecule has 0 aliphatic rings. The van der Waals surface area contributed by atoms with E-state index in [1.165, 1.54) is 0 Å². The van der Waals surface area contributed by atoms with Crippen molar-refractivity contribution in [3.63, 3.8) is 0 Å². The van der Waals surface area contributed by atoms with Crippen molar-refractivity contribution < 1.29 is 56.7 Å². The van der Waals surface area contributed by atoms with Crippen LogP contribution in [0.2, 0.25) is 0 Å². The van der Waals surface area contributed by atoms with Crippen LogP contribution in [0.15, 0.2) is 0 Å². The third-order valence-electron chi connectivity index (χ3n) is 0.408. The second kappa shape index (κ2) is 42.7. The molecule has 0 aromatic heterocycles. The minimum atomic E-state index is -1.08. The van der Waals surface area contributed by atoms with E-state index in [-0.39, 0.29) is 23.2 Å². The maximum Gasteiger partial charge on any atom is 3.00 e. The van der Waals surface area contributed by atoms with E-state index in [9.17, 15) is 0 Å². The number of nitrogens with two attached hydrogens (primary N) is 2. The molecule has 0 saturated heterocycles. The van der Waals surface area contributed by atoms with Gasteiger partial charge in [0.15, 0.2) is 0 Å². The minimum Gasteiger partial charge on any atom is -0.550 e. The fraction of sp³-hybridized carbons (Fsp3) is 0.636. The first kappa shape index (κ1) is 42.9. The third-order valence-corrected chi connectivity index (χ3v) is 0.408. The molecular formula is C11H26FeN3O8. The second-order valence-corrected chi connectivity index (χ2v) is 2.90. The molecule has 0 aromatic rings. The normalized spacial score (nSPS) is 6.17. The Bertz CT molecular complexity index is 212. The van der Waals surface area contributed by atoms with Crippen molar-refractivity contribution in [1.29, 1.82) is 0 Å². The summed E-state index contributed by atoms with van der Waals surface area (Å²) < 4.78 is 0. The van der Waals surface area contributed by atoms with Crippen molar-refractivity contribution in [3.8, 4) is 0 Å². The summed E-state index contributed by atoms with van der Waals surface area (Å²) in [6.45, 7) is 5.33. The van der Waals surface area contributed by atoms with Crippen molar-refractivity contribution in [2.24, 2.45) is 11.5 Å². The quantitative estimate of drug-likeness (QED) is 0.381. The molecule has 0 saturated carbocycles. The van der Waals surface area contributed by atoms with Crippen LogP contribution in [-0.2, 0) is 36.2 Å². The molecule has 0 bridgehead atoms. The van der Waals surface area contributed by atoms with Crippen LogP contribution < -0.4 is 38.0 Å². The maximum absolute atomic E-state index is 8.89. The summed E-state index contributed by atoms with van der Waals surface area (Å²) in [6.07, 6.45) is 0.944. The van der Waals surface area contributed by atoms with Crippen molar-refractivity contribution in [3.05, 3.63) is 0 Å². The van der Waals surface area contributed by atoms with Crippen LogP contribution in [0.25, 0.3) is 0 Å². The van der Waals surface area contributed by atoms with E-state index in [1.54, 1.807) is 0 Å². The third kappa shape index (κ3) is 86800. The topological polar surface area (TPSA) is 249 Å². The van der Waals surface area contributed by atoms with Gasteiger partial charge in [0.1, 0.15) is 0 Å². The van der Waals surface area contributed by atoms with Crippen molar-refractivity contribution in [1.82, 2.24) is 6.15 Å². The van der Waals surface area contributed by atoms with Gasteiger partial charge in [-0.15, -0.1) is 0 Å². The minimum absolute atomic E-state index is 0. The maximum atomic E-state index is 8.89. The Kier molecular flexibility index (Phi) is 79.8. The van der Waals surface area contributed by atoms with Gasteiger partial charge in [0.05, 0.1) is 0 Å². The molecule has 0 unspecified atom stereocenters. The number of carbonyl (C=O) groups is 4. The predicted molar refractivity (Wildman–Crippen MR) is 71.4 cm³/mol. The Morgan fingerprint density at radius 3 is 0.739 bits per heavy atom. The number of quaternary nitrogens is 1. The van der Waals surface area contributed by atoms with E-state index in [0.717, 1.165) is 47.2 Å². The molecule has 8 N–H and O–H groups in total. The Morgan fingerprint density at radius 2 is 0.739 bits per heavy atom. The fourth-order valence-corrected chi connectivity index (χ4v) is 0.118. The average Bonchev–Trinajstić information content (AvgIpc) is 2.14. The molecule has 0 amide bonds. The number of aliphatic carboxylic acids is 4. The van der Waals surface area contributed by atoms with E-state index in [0.29, 0.717) is 0 Å². The largest absolute Gasteiger partial charge is 3.00 e. The first-order valence-corrected chi connectivity index (χ1v) is 5.45. The van der Waals surface area contributed by atoms with Crippen LogP contribution >= 0.6 is 0 Å². The number of hydrogen-bond donors (Lipinski definition) is 3. The summed E-state index contributed by atoms with van der Waals surface area (Å²) in [5, 5.41) is 35.6. The molecule has 0 aliphatic carbocycles. The van der Waals surface area contributed by atoms with Gasteiger partial charge < -0.3 is 57.2 Å². The molecule has 0 spiro atoms. The number of rotatable bonds is 2. The smallest absolute Gasteiger partial charge is 0.550 e. The molecule has 11 nitrogen and oxygen atoms in total. The van der Waals surface area contributed by atoms with E-state index >= 15 is 0 Å². The number of hydrogen-bond acceptors (Lipinski definition) is 10. The number of carboxylic acid groups (broad SMARTS) is 4. The zero-order valence-electron chi connectivity index (χ0n) is 13.9. The van der Waals surface area contributed by atoms with Gasteiger partial charge in [-0.05, 0) is 47.2 Å². The molecule has 0 rings (SSSR count). The van der Waals surface area contributed by atoms with Gasteiger partial charge in [-0.3, -0.25) is 0 Å². The molecule has 1 radical (unpaired) electrons. The predicted octanol–water partition coefficient (Wildman–Crippen LogP) is -5.31. The summed E-state index contributed by atoms with van der Waals surface area (Å²) >= 11 is 0. The van der Waals surface area contributed by atoms with Gasteiger partial charge in [0.2, 0.25) is 0 Å². The van der Waals surface area contributed by atoms with Gasteiger partial charge in [-0.25, -0.2) is 0 Å². The second-order valence-electron chi connectivity index (χ2n) is 2.90. The zero-order chi connectivity index (χ0) is 18.4. The first-order valence-electron chi connectivity index (χ1n) is 5.45.